The van der Waals surface area contributed by atoms with Crippen LogP contribution in [-0.2, 0) is 20.8 Å². The number of amides is 2. The second-order valence-corrected chi connectivity index (χ2v) is 12.0. The molecule has 5 rings (SSSR count). The van der Waals surface area contributed by atoms with Crippen LogP contribution < -0.4 is 4.74 Å². The fourth-order valence-electron chi connectivity index (χ4n) is 6.91. The zero-order valence-corrected chi connectivity index (χ0v) is 24.9. The van der Waals surface area contributed by atoms with E-state index in [1.54, 1.807) is 0 Å². The van der Waals surface area contributed by atoms with E-state index in [1.807, 2.05) is 40.2 Å². The Balaban J connectivity index is 1.42. The van der Waals surface area contributed by atoms with Crippen molar-refractivity contribution in [1.29, 1.82) is 0 Å². The molecule has 1 N–H and O–H groups in total. The molecule has 0 unspecified atom stereocenters. The van der Waals surface area contributed by atoms with Gasteiger partial charge in [0.05, 0.1) is 19.1 Å². The van der Waals surface area contributed by atoms with Gasteiger partial charge in [0.1, 0.15) is 5.75 Å². The quantitative estimate of drug-likeness (QED) is 0.403. The molecule has 2 saturated heterocycles. The summed E-state index contributed by atoms with van der Waals surface area (Å²) >= 11 is 0. The Labute approximate surface area is 249 Å². The average Bonchev–Trinajstić information content (AvgIpc) is 3.58. The van der Waals surface area contributed by atoms with Gasteiger partial charge < -0.3 is 19.6 Å². The summed E-state index contributed by atoms with van der Waals surface area (Å²) in [6.07, 6.45) is 17.7. The summed E-state index contributed by atoms with van der Waals surface area (Å²) in [5.41, 5.74) is 3.02. The van der Waals surface area contributed by atoms with Gasteiger partial charge in [-0.2, -0.15) is 0 Å². The minimum Gasteiger partial charge on any atom is -0.493 e. The maximum absolute atomic E-state index is 14.0. The molecule has 2 fully saturated rings. The summed E-state index contributed by atoms with van der Waals surface area (Å²) in [4.78, 5) is 45.4. The molecule has 3 aliphatic heterocycles. The number of carbonyl (C=O) groups is 3. The zero-order valence-electron chi connectivity index (χ0n) is 24.9. The van der Waals surface area contributed by atoms with Gasteiger partial charge in [0, 0.05) is 56.7 Å². The Morgan fingerprint density at radius 1 is 1.14 bits per heavy atom. The molecule has 8 heteroatoms. The second-order valence-electron chi connectivity index (χ2n) is 12.0. The number of carbonyl (C=O) groups excluding carboxylic acids is 2. The van der Waals surface area contributed by atoms with Gasteiger partial charge in [0.15, 0.2) is 0 Å². The Bertz CT molecular complexity index is 1240. The highest BCUT2D eigenvalue weighted by molar-refractivity contribution is 5.81. The lowest BCUT2D eigenvalue weighted by atomic mass is 9.83. The van der Waals surface area contributed by atoms with E-state index >= 15 is 0 Å². The number of carboxylic acids is 1. The number of hydrogen-bond acceptors (Lipinski definition) is 5. The van der Waals surface area contributed by atoms with Crippen LogP contribution in [-0.4, -0.2) is 83.0 Å². The molecule has 42 heavy (non-hydrogen) atoms. The fourth-order valence-corrected chi connectivity index (χ4v) is 6.91. The maximum atomic E-state index is 14.0. The number of nitrogens with zero attached hydrogens (tertiary/aromatic N) is 3. The summed E-state index contributed by atoms with van der Waals surface area (Å²) in [6.45, 7) is 5.27. The highest BCUT2D eigenvalue weighted by Crippen LogP contribution is 2.41. The highest BCUT2D eigenvalue weighted by atomic mass is 16.5. The predicted octanol–water partition coefficient (Wildman–Crippen LogP) is 4.91. The molecule has 0 radical (unpaired) electrons. The highest BCUT2D eigenvalue weighted by Gasteiger charge is 2.47. The molecule has 0 saturated carbocycles. The van der Waals surface area contributed by atoms with Crippen LogP contribution in [0.15, 0.2) is 54.3 Å². The van der Waals surface area contributed by atoms with Crippen LogP contribution in [0.25, 0.3) is 0 Å². The predicted molar refractivity (Wildman–Crippen MR) is 162 cm³/mol. The van der Waals surface area contributed by atoms with Crippen LogP contribution in [0.1, 0.15) is 75.3 Å². The van der Waals surface area contributed by atoms with Gasteiger partial charge in [-0.15, -0.1) is 0 Å². The molecule has 4 aliphatic rings. The van der Waals surface area contributed by atoms with Crippen molar-refractivity contribution in [1.82, 2.24) is 14.7 Å². The Morgan fingerprint density at radius 2 is 2.02 bits per heavy atom. The van der Waals surface area contributed by atoms with Gasteiger partial charge in [-0.25, -0.2) is 0 Å². The summed E-state index contributed by atoms with van der Waals surface area (Å²) < 4.78 is 5.70. The minimum atomic E-state index is -0.845. The summed E-state index contributed by atoms with van der Waals surface area (Å²) in [6, 6.07) is 5.70. The van der Waals surface area contributed by atoms with Crippen LogP contribution in [0.4, 0.5) is 0 Å². The van der Waals surface area contributed by atoms with Gasteiger partial charge in [0.2, 0.25) is 11.8 Å². The number of carboxylic acid groups (broad SMARTS) is 1. The van der Waals surface area contributed by atoms with Crippen molar-refractivity contribution in [3.8, 4) is 5.75 Å². The third-order valence-electron chi connectivity index (χ3n) is 9.18. The standard InChI is InChI=1S/C34H45N3O5/c1-2-3-19-37(27-11-7-5-4-6-8-12-27)32(39)24-36-23-28(25-14-15-30-26(22-25)17-21-42-30)33(34(40)41)29(36)16-20-35-18-10-9-13-31(35)38/h4-5,7,11-12,14-15,22,28-29,33H,2-3,6,8-10,13,16-21,23-24H2,1H3,(H,40,41)/b5-4+,11-7-,27-12+/t28-,29+,33-/m1/s1. The first-order valence-electron chi connectivity index (χ1n) is 15.8. The number of ether oxygens (including phenoxy) is 1. The van der Waals surface area contributed by atoms with Crippen molar-refractivity contribution in [3.05, 3.63) is 65.4 Å². The van der Waals surface area contributed by atoms with Crippen LogP contribution in [0.5, 0.6) is 5.75 Å². The molecule has 0 bridgehead atoms. The Kier molecular flexibility index (Phi) is 10.2. The monoisotopic (exact) mass is 575 g/mol. The maximum Gasteiger partial charge on any atom is 0.308 e. The number of likely N-dealkylation sites (tertiary alicyclic amines) is 2. The molecule has 8 nitrogen and oxygen atoms in total. The van der Waals surface area contributed by atoms with E-state index in [0.29, 0.717) is 39.1 Å². The van der Waals surface area contributed by atoms with Crippen molar-refractivity contribution in [2.75, 3.05) is 39.3 Å². The lowest BCUT2D eigenvalue weighted by Crippen LogP contribution is -2.46. The average molecular weight is 576 g/mol. The van der Waals surface area contributed by atoms with E-state index in [4.69, 9.17) is 4.74 Å². The van der Waals surface area contributed by atoms with Crippen molar-refractivity contribution in [2.45, 2.75) is 76.7 Å². The van der Waals surface area contributed by atoms with E-state index in [-0.39, 0.29) is 30.3 Å². The van der Waals surface area contributed by atoms with Gasteiger partial charge in [-0.05, 0) is 61.8 Å². The molecule has 0 aromatic heterocycles. The van der Waals surface area contributed by atoms with Crippen molar-refractivity contribution < 1.29 is 24.2 Å². The largest absolute Gasteiger partial charge is 0.493 e. The third kappa shape index (κ3) is 6.97. The summed E-state index contributed by atoms with van der Waals surface area (Å²) in [5, 5.41) is 10.6. The second kappa shape index (κ2) is 14.2. The number of benzene rings is 1. The molecular weight excluding hydrogens is 530 g/mol. The molecular formula is C34H45N3O5. The van der Waals surface area contributed by atoms with Crippen LogP contribution in [0.3, 0.4) is 0 Å². The van der Waals surface area contributed by atoms with Crippen LogP contribution in [0.2, 0.25) is 0 Å². The summed E-state index contributed by atoms with van der Waals surface area (Å²) in [7, 11) is 0. The molecule has 3 heterocycles. The minimum absolute atomic E-state index is 0.00454. The number of rotatable bonds is 11. The lowest BCUT2D eigenvalue weighted by molar-refractivity contribution is -0.143. The van der Waals surface area contributed by atoms with Gasteiger partial charge in [0.25, 0.3) is 0 Å². The molecule has 226 valence electrons. The van der Waals surface area contributed by atoms with Gasteiger partial charge in [-0.3, -0.25) is 19.3 Å². The van der Waals surface area contributed by atoms with Crippen molar-refractivity contribution >= 4 is 17.8 Å². The van der Waals surface area contributed by atoms with Crippen LogP contribution in [0, 0.1) is 5.92 Å². The molecule has 1 aromatic carbocycles. The first-order valence-corrected chi connectivity index (χ1v) is 15.8. The smallest absolute Gasteiger partial charge is 0.308 e. The number of piperidine rings is 1. The number of unbranched alkanes of at least 4 members (excludes halogenated alkanes) is 1. The van der Waals surface area contributed by atoms with Crippen LogP contribution >= 0.6 is 0 Å². The van der Waals surface area contributed by atoms with E-state index in [2.05, 4.69) is 30.0 Å². The third-order valence-corrected chi connectivity index (χ3v) is 9.18. The Morgan fingerprint density at radius 3 is 2.83 bits per heavy atom. The van der Waals surface area contributed by atoms with E-state index in [0.717, 1.165) is 74.1 Å². The molecule has 1 aromatic rings. The number of aliphatic carboxylic acids is 1. The van der Waals surface area contributed by atoms with E-state index in [9.17, 15) is 19.5 Å². The number of hydrogen-bond donors (Lipinski definition) is 1. The summed E-state index contributed by atoms with van der Waals surface area (Å²) in [5.74, 6) is -0.757. The van der Waals surface area contributed by atoms with Gasteiger partial charge in [-0.1, -0.05) is 49.8 Å². The molecule has 2 amide bonds. The fraction of sp³-hybridized carbons (Fsp3) is 0.559. The number of fused-ring (bicyclic) bond motifs is 1. The lowest BCUT2D eigenvalue weighted by Gasteiger charge is -2.33. The SMILES string of the molecule is CCCCN(C(=O)CN1C[C@H](c2ccc3c(c2)CCO3)[C@@H](C(=O)O)[C@@H]1CCN1CCCCC1=O)C1=C/CC/C=C/C=C\1. The molecule has 3 atom stereocenters. The number of allylic oxidation sites excluding steroid dienone is 5. The molecule has 1 aliphatic carbocycles. The van der Waals surface area contributed by atoms with Gasteiger partial charge >= 0.3 is 5.97 Å². The molecule has 0 spiro atoms. The zero-order chi connectivity index (χ0) is 29.5. The van der Waals surface area contributed by atoms with Crippen molar-refractivity contribution in [2.24, 2.45) is 5.92 Å². The Hall–Kier alpha value is -3.39. The van der Waals surface area contributed by atoms with E-state index < -0.39 is 11.9 Å². The van der Waals surface area contributed by atoms with Crippen molar-refractivity contribution in [3.63, 3.8) is 0 Å². The first-order chi connectivity index (χ1) is 20.5. The first kappa shape index (κ1) is 30.1. The normalized spacial score (nSPS) is 26.9. The van der Waals surface area contributed by atoms with E-state index in [1.165, 1.54) is 0 Å². The topological polar surface area (TPSA) is 90.4 Å².